The average molecular weight is 250 g/mol. The molecule has 3 rings (SSSR count). The van der Waals surface area contributed by atoms with E-state index in [0.29, 0.717) is 6.10 Å². The van der Waals surface area contributed by atoms with Gasteiger partial charge in [0.25, 0.3) is 0 Å². The van der Waals surface area contributed by atoms with Crippen LogP contribution in [0.4, 0.5) is 0 Å². The Hall–Kier alpha value is -0.0400. The van der Waals surface area contributed by atoms with Gasteiger partial charge in [-0.25, -0.2) is 0 Å². The Morgan fingerprint density at radius 3 is 1.83 bits per heavy atom. The molecule has 0 aromatic carbocycles. The minimum Gasteiger partial charge on any atom is -0.378 e. The Kier molecular flexibility index (Phi) is 3.98. The Labute approximate surface area is 113 Å². The first-order valence-corrected chi connectivity index (χ1v) is 8.41. The molecule has 3 aliphatic carbocycles. The zero-order chi connectivity index (χ0) is 12.5. The lowest BCUT2D eigenvalue weighted by molar-refractivity contribution is 0.0636. The lowest BCUT2D eigenvalue weighted by Crippen LogP contribution is -2.25. The van der Waals surface area contributed by atoms with Gasteiger partial charge in [0.15, 0.2) is 0 Å². The molecule has 3 fully saturated rings. The number of hydrogen-bond donors (Lipinski definition) is 0. The van der Waals surface area contributed by atoms with E-state index in [1.54, 1.807) is 25.7 Å². The van der Waals surface area contributed by atoms with Crippen LogP contribution in [0.15, 0.2) is 0 Å². The SMILES string of the molecule is CCCC1CC2CC3CC(OCC)CC3CC2C1. The zero-order valence-electron chi connectivity index (χ0n) is 12.2. The fourth-order valence-corrected chi connectivity index (χ4v) is 5.44. The maximum absolute atomic E-state index is 5.88. The van der Waals surface area contributed by atoms with E-state index in [0.717, 1.165) is 36.2 Å². The first-order valence-electron chi connectivity index (χ1n) is 8.41. The molecule has 0 aromatic rings. The van der Waals surface area contributed by atoms with Crippen LogP contribution >= 0.6 is 0 Å². The third-order valence-corrected chi connectivity index (χ3v) is 6.05. The third kappa shape index (κ3) is 2.48. The molecule has 4 unspecified atom stereocenters. The molecule has 3 aliphatic rings. The van der Waals surface area contributed by atoms with Crippen molar-refractivity contribution in [3.8, 4) is 0 Å². The van der Waals surface area contributed by atoms with Gasteiger partial charge < -0.3 is 4.74 Å². The van der Waals surface area contributed by atoms with Gasteiger partial charge in [-0.05, 0) is 75.0 Å². The molecule has 104 valence electrons. The summed E-state index contributed by atoms with van der Waals surface area (Å²) in [4.78, 5) is 0. The minimum atomic E-state index is 0.607. The summed E-state index contributed by atoms with van der Waals surface area (Å²) in [5, 5.41) is 0. The number of fused-ring (bicyclic) bond motifs is 2. The van der Waals surface area contributed by atoms with Crippen molar-refractivity contribution in [3.63, 3.8) is 0 Å². The summed E-state index contributed by atoms with van der Waals surface area (Å²) < 4.78 is 5.88. The van der Waals surface area contributed by atoms with Gasteiger partial charge in [-0.2, -0.15) is 0 Å². The van der Waals surface area contributed by atoms with E-state index in [9.17, 15) is 0 Å². The van der Waals surface area contributed by atoms with Gasteiger partial charge >= 0.3 is 0 Å². The van der Waals surface area contributed by atoms with Gasteiger partial charge in [-0.15, -0.1) is 0 Å². The number of rotatable bonds is 4. The second-order valence-corrected chi connectivity index (χ2v) is 7.19. The van der Waals surface area contributed by atoms with Gasteiger partial charge in [0, 0.05) is 6.61 Å². The standard InChI is InChI=1S/C17H30O/c1-3-5-12-6-13-8-15-10-17(18-4-2)11-16(15)9-14(13)7-12/h12-17H,3-11H2,1-2H3. The second-order valence-electron chi connectivity index (χ2n) is 7.19. The summed E-state index contributed by atoms with van der Waals surface area (Å²) in [5.74, 6) is 5.28. The molecule has 1 heteroatoms. The molecule has 0 bridgehead atoms. The summed E-state index contributed by atoms with van der Waals surface area (Å²) in [6.07, 6.45) is 12.4. The van der Waals surface area contributed by atoms with Crippen LogP contribution in [0.1, 0.15) is 65.2 Å². The number of hydrogen-bond acceptors (Lipinski definition) is 1. The molecule has 0 heterocycles. The van der Waals surface area contributed by atoms with Crippen molar-refractivity contribution in [2.24, 2.45) is 29.6 Å². The molecule has 0 aromatic heterocycles. The molecule has 0 radical (unpaired) electrons. The highest BCUT2D eigenvalue weighted by Crippen LogP contribution is 2.54. The molecule has 0 amide bonds. The van der Waals surface area contributed by atoms with Crippen LogP contribution in [0.5, 0.6) is 0 Å². The van der Waals surface area contributed by atoms with E-state index in [2.05, 4.69) is 13.8 Å². The van der Waals surface area contributed by atoms with Crippen molar-refractivity contribution in [3.05, 3.63) is 0 Å². The Morgan fingerprint density at radius 2 is 1.33 bits per heavy atom. The summed E-state index contributed by atoms with van der Waals surface area (Å²) in [5.41, 5.74) is 0. The molecule has 0 spiro atoms. The zero-order valence-corrected chi connectivity index (χ0v) is 12.2. The Morgan fingerprint density at radius 1 is 0.778 bits per heavy atom. The fraction of sp³-hybridized carbons (Fsp3) is 1.00. The Bertz CT molecular complexity index is 227. The summed E-state index contributed by atoms with van der Waals surface area (Å²) in [6, 6.07) is 0. The fourth-order valence-electron chi connectivity index (χ4n) is 5.44. The van der Waals surface area contributed by atoms with Crippen molar-refractivity contribution in [2.45, 2.75) is 71.3 Å². The van der Waals surface area contributed by atoms with E-state index >= 15 is 0 Å². The van der Waals surface area contributed by atoms with Crippen LogP contribution in [0.2, 0.25) is 0 Å². The first-order chi connectivity index (χ1) is 8.80. The van der Waals surface area contributed by atoms with Crippen molar-refractivity contribution in [1.29, 1.82) is 0 Å². The quantitative estimate of drug-likeness (QED) is 0.705. The molecule has 0 saturated heterocycles. The highest BCUT2D eigenvalue weighted by Gasteiger charge is 2.46. The summed E-state index contributed by atoms with van der Waals surface area (Å²) in [7, 11) is 0. The molecular weight excluding hydrogens is 220 g/mol. The smallest absolute Gasteiger partial charge is 0.0580 e. The average Bonchev–Trinajstić information content (AvgIpc) is 2.88. The predicted octanol–water partition coefficient (Wildman–Crippen LogP) is 4.65. The highest BCUT2D eigenvalue weighted by atomic mass is 16.5. The lowest BCUT2D eigenvalue weighted by atomic mass is 9.71. The largest absolute Gasteiger partial charge is 0.378 e. The van der Waals surface area contributed by atoms with Gasteiger partial charge in [0.05, 0.1) is 6.10 Å². The third-order valence-electron chi connectivity index (χ3n) is 6.05. The Balaban J connectivity index is 1.56. The maximum atomic E-state index is 5.88. The molecular formula is C17H30O. The maximum Gasteiger partial charge on any atom is 0.0580 e. The molecule has 4 atom stereocenters. The highest BCUT2D eigenvalue weighted by molar-refractivity contribution is 4.96. The summed E-state index contributed by atoms with van der Waals surface area (Å²) in [6.45, 7) is 5.41. The van der Waals surface area contributed by atoms with Crippen LogP contribution < -0.4 is 0 Å². The van der Waals surface area contributed by atoms with Gasteiger partial charge in [-0.3, -0.25) is 0 Å². The van der Waals surface area contributed by atoms with Crippen molar-refractivity contribution < 1.29 is 4.74 Å². The van der Waals surface area contributed by atoms with Crippen molar-refractivity contribution in [2.75, 3.05) is 6.61 Å². The van der Waals surface area contributed by atoms with Gasteiger partial charge in [0.1, 0.15) is 0 Å². The van der Waals surface area contributed by atoms with E-state index in [1.807, 2.05) is 0 Å². The van der Waals surface area contributed by atoms with Crippen LogP contribution in [0.3, 0.4) is 0 Å². The van der Waals surface area contributed by atoms with Crippen LogP contribution in [0, 0.1) is 29.6 Å². The van der Waals surface area contributed by atoms with Crippen LogP contribution in [-0.2, 0) is 4.74 Å². The van der Waals surface area contributed by atoms with E-state index < -0.39 is 0 Å². The minimum absolute atomic E-state index is 0.607. The topological polar surface area (TPSA) is 9.23 Å². The van der Waals surface area contributed by atoms with Crippen molar-refractivity contribution in [1.82, 2.24) is 0 Å². The molecule has 1 nitrogen and oxygen atoms in total. The normalized spacial score (nSPS) is 47.0. The first kappa shape index (κ1) is 13.0. The van der Waals surface area contributed by atoms with E-state index in [4.69, 9.17) is 4.74 Å². The monoisotopic (exact) mass is 250 g/mol. The molecule has 0 N–H and O–H groups in total. The second kappa shape index (κ2) is 5.53. The summed E-state index contributed by atoms with van der Waals surface area (Å²) >= 11 is 0. The van der Waals surface area contributed by atoms with E-state index in [-0.39, 0.29) is 0 Å². The lowest BCUT2D eigenvalue weighted by Gasteiger charge is -2.34. The van der Waals surface area contributed by atoms with Gasteiger partial charge in [0.2, 0.25) is 0 Å². The molecule has 18 heavy (non-hydrogen) atoms. The van der Waals surface area contributed by atoms with Crippen LogP contribution in [0.25, 0.3) is 0 Å². The van der Waals surface area contributed by atoms with Crippen molar-refractivity contribution >= 4 is 0 Å². The predicted molar refractivity (Wildman–Crippen MR) is 75.5 cm³/mol. The van der Waals surface area contributed by atoms with E-state index in [1.165, 1.54) is 25.7 Å². The molecule has 3 saturated carbocycles. The van der Waals surface area contributed by atoms with Crippen LogP contribution in [-0.4, -0.2) is 12.7 Å². The van der Waals surface area contributed by atoms with Gasteiger partial charge in [-0.1, -0.05) is 19.8 Å². The molecule has 0 aliphatic heterocycles. The number of ether oxygens (including phenoxy) is 1.